The summed E-state index contributed by atoms with van der Waals surface area (Å²) in [6.07, 6.45) is 6.95. The number of carbonyl (C=O) groups is 1. The fourth-order valence-electron chi connectivity index (χ4n) is 7.23. The third-order valence-electron chi connectivity index (χ3n) is 8.94. The van der Waals surface area contributed by atoms with Crippen LogP contribution in [-0.2, 0) is 41.5 Å². The fraction of sp³-hybridized carbons (Fsp3) is 0.481. The molecule has 1 aromatic carbocycles. The van der Waals surface area contributed by atoms with Crippen molar-refractivity contribution in [2.24, 2.45) is 17.0 Å². The molecule has 0 aliphatic heterocycles. The molecule has 3 aromatic rings. The molecular formula is C27H32N4O5S. The van der Waals surface area contributed by atoms with Gasteiger partial charge in [0.05, 0.1) is 18.5 Å². The molecule has 0 bridgehead atoms. The Morgan fingerprint density at radius 3 is 2.92 bits per heavy atom. The summed E-state index contributed by atoms with van der Waals surface area (Å²) in [6.45, 7) is 4.63. The van der Waals surface area contributed by atoms with Gasteiger partial charge in [-0.3, -0.25) is 9.89 Å². The van der Waals surface area contributed by atoms with Crippen molar-refractivity contribution in [2.45, 2.75) is 70.3 Å². The van der Waals surface area contributed by atoms with Crippen LogP contribution in [0.25, 0.3) is 0 Å². The van der Waals surface area contributed by atoms with E-state index < -0.39 is 10.3 Å². The Morgan fingerprint density at radius 1 is 1.35 bits per heavy atom. The van der Waals surface area contributed by atoms with Crippen molar-refractivity contribution in [2.75, 3.05) is 0 Å². The lowest BCUT2D eigenvalue weighted by Crippen LogP contribution is -2.43. The van der Waals surface area contributed by atoms with Gasteiger partial charge in [0.2, 0.25) is 0 Å². The highest BCUT2D eigenvalue weighted by molar-refractivity contribution is 7.84. The standard InChI is InChI=1S/C27H32N4O5S/c1-3-15-11-20-16(12-23(15)36-37(28,33)34)6-7-19-18(20)8-9-27(2)22(19)13-21-24(30-31-25(21)27)26(32)29-14-17-5-4-10-35-17/h4-5,10-12,18-19,22H,3,6-9,13-14H2,1-2H3,(H,29,32)(H,30,31)(H2,28,33,34). The molecule has 4 N–H and O–H groups in total. The zero-order chi connectivity index (χ0) is 25.9. The molecule has 2 aromatic heterocycles. The number of nitrogens with one attached hydrogen (secondary N) is 2. The van der Waals surface area contributed by atoms with Gasteiger partial charge in [-0.05, 0) is 91.2 Å². The summed E-state index contributed by atoms with van der Waals surface area (Å²) in [4.78, 5) is 13.0. The van der Waals surface area contributed by atoms with Crippen molar-refractivity contribution >= 4 is 16.2 Å². The second-order valence-electron chi connectivity index (χ2n) is 10.9. The van der Waals surface area contributed by atoms with Crippen molar-refractivity contribution < 1.29 is 21.8 Å². The Balaban J connectivity index is 1.27. The predicted octanol–water partition coefficient (Wildman–Crippen LogP) is 3.65. The van der Waals surface area contributed by atoms with Crippen molar-refractivity contribution in [3.05, 3.63) is 69.9 Å². The molecule has 0 saturated heterocycles. The number of H-pyrrole nitrogens is 1. The number of nitrogens with two attached hydrogens (primary N) is 1. The van der Waals surface area contributed by atoms with Crippen molar-refractivity contribution in [3.63, 3.8) is 0 Å². The normalized spacial score (nSPS) is 26.1. The molecule has 10 heteroatoms. The van der Waals surface area contributed by atoms with Crippen LogP contribution in [0, 0.1) is 11.8 Å². The monoisotopic (exact) mass is 524 g/mol. The van der Waals surface area contributed by atoms with Crippen LogP contribution in [-0.4, -0.2) is 24.5 Å². The van der Waals surface area contributed by atoms with Gasteiger partial charge in [-0.15, -0.1) is 0 Å². The van der Waals surface area contributed by atoms with Gasteiger partial charge in [-0.1, -0.05) is 19.9 Å². The Bertz CT molecular complexity index is 1460. The number of fused-ring (bicyclic) bond motifs is 7. The highest BCUT2D eigenvalue weighted by Crippen LogP contribution is 2.60. The Kier molecular flexibility index (Phi) is 5.72. The number of amides is 1. The lowest BCUT2D eigenvalue weighted by Gasteiger charge is -2.49. The molecule has 3 aliphatic carbocycles. The average Bonchev–Trinajstić information content (AvgIpc) is 3.58. The molecule has 37 heavy (non-hydrogen) atoms. The first-order valence-electron chi connectivity index (χ1n) is 12.9. The van der Waals surface area contributed by atoms with Crippen molar-refractivity contribution in [1.29, 1.82) is 0 Å². The molecular weight excluding hydrogens is 492 g/mol. The van der Waals surface area contributed by atoms with Gasteiger partial charge in [0.25, 0.3) is 5.91 Å². The van der Waals surface area contributed by atoms with E-state index in [1.165, 1.54) is 5.56 Å². The summed E-state index contributed by atoms with van der Waals surface area (Å²) in [5.74, 6) is 2.14. The third-order valence-corrected chi connectivity index (χ3v) is 9.36. The third kappa shape index (κ3) is 4.06. The minimum absolute atomic E-state index is 0.0751. The second kappa shape index (κ2) is 8.73. The zero-order valence-electron chi connectivity index (χ0n) is 21.0. The lowest BCUT2D eigenvalue weighted by molar-refractivity contribution is 0.0934. The van der Waals surface area contributed by atoms with E-state index >= 15 is 0 Å². The number of aromatic amines is 1. The van der Waals surface area contributed by atoms with E-state index in [1.54, 1.807) is 12.3 Å². The number of rotatable bonds is 6. The van der Waals surface area contributed by atoms with Gasteiger partial charge in [0.15, 0.2) is 0 Å². The molecule has 0 spiro atoms. The molecule has 6 rings (SSSR count). The first kappa shape index (κ1) is 24.2. The van der Waals surface area contributed by atoms with E-state index in [1.807, 2.05) is 19.1 Å². The zero-order valence-corrected chi connectivity index (χ0v) is 21.9. The van der Waals surface area contributed by atoms with Gasteiger partial charge < -0.3 is 13.9 Å². The summed E-state index contributed by atoms with van der Waals surface area (Å²) >= 11 is 0. The smallest absolute Gasteiger partial charge is 0.380 e. The van der Waals surface area contributed by atoms with Crippen molar-refractivity contribution in [1.82, 2.24) is 15.5 Å². The van der Waals surface area contributed by atoms with Crippen LogP contribution in [0.15, 0.2) is 34.9 Å². The number of furan rings is 1. The molecule has 0 radical (unpaired) electrons. The van der Waals surface area contributed by atoms with Gasteiger partial charge in [0.1, 0.15) is 17.2 Å². The summed E-state index contributed by atoms with van der Waals surface area (Å²) in [5.41, 5.74) is 5.88. The van der Waals surface area contributed by atoms with Crippen LogP contribution in [0.3, 0.4) is 0 Å². The van der Waals surface area contributed by atoms with E-state index in [-0.39, 0.29) is 11.3 Å². The average molecular weight is 525 g/mol. The van der Waals surface area contributed by atoms with E-state index in [2.05, 4.69) is 28.5 Å². The number of aryl methyl sites for hydroxylation is 2. The first-order valence-corrected chi connectivity index (χ1v) is 14.4. The van der Waals surface area contributed by atoms with E-state index in [4.69, 9.17) is 13.7 Å². The highest BCUT2D eigenvalue weighted by Gasteiger charge is 2.55. The topological polar surface area (TPSA) is 140 Å². The molecule has 3 aliphatic rings. The van der Waals surface area contributed by atoms with Crippen LogP contribution >= 0.6 is 0 Å². The number of nitrogens with zero attached hydrogens (tertiary/aromatic N) is 1. The maximum absolute atomic E-state index is 13.0. The second-order valence-corrected chi connectivity index (χ2v) is 12.0. The van der Waals surface area contributed by atoms with Gasteiger partial charge in [-0.2, -0.15) is 18.7 Å². The molecule has 1 amide bonds. The minimum atomic E-state index is -4.08. The van der Waals surface area contributed by atoms with Gasteiger partial charge in [-0.25, -0.2) is 0 Å². The number of aromatic nitrogens is 2. The summed E-state index contributed by atoms with van der Waals surface area (Å²) in [7, 11) is -4.08. The largest absolute Gasteiger partial charge is 0.467 e. The van der Waals surface area contributed by atoms with Gasteiger partial charge in [0, 0.05) is 11.0 Å². The SMILES string of the molecule is CCc1cc2c(cc1OS(N)(=O)=O)CCC1C2CCC2(C)c3n[nH]c(C(=O)NCc4ccco4)c3CC12. The number of carbonyl (C=O) groups excluding carboxylic acids is 1. The summed E-state index contributed by atoms with van der Waals surface area (Å²) in [5, 5.41) is 15.8. The highest BCUT2D eigenvalue weighted by atomic mass is 32.2. The molecule has 2 heterocycles. The molecule has 4 unspecified atom stereocenters. The Labute approximate surface area is 216 Å². The van der Waals surface area contributed by atoms with Crippen LogP contribution in [0.4, 0.5) is 0 Å². The lowest BCUT2D eigenvalue weighted by atomic mass is 9.55. The van der Waals surface area contributed by atoms with Crippen LogP contribution in [0.1, 0.15) is 83.2 Å². The van der Waals surface area contributed by atoms with Crippen LogP contribution in [0.5, 0.6) is 5.75 Å². The molecule has 9 nitrogen and oxygen atoms in total. The number of benzene rings is 1. The first-order chi connectivity index (χ1) is 17.7. The molecule has 4 atom stereocenters. The van der Waals surface area contributed by atoms with Crippen LogP contribution < -0.4 is 14.6 Å². The maximum Gasteiger partial charge on any atom is 0.380 e. The van der Waals surface area contributed by atoms with Gasteiger partial charge >= 0.3 is 10.3 Å². The summed E-state index contributed by atoms with van der Waals surface area (Å²) < 4.78 is 33.7. The number of hydrogen-bond acceptors (Lipinski definition) is 6. The quantitative estimate of drug-likeness (QED) is 0.450. The van der Waals surface area contributed by atoms with E-state index in [9.17, 15) is 13.2 Å². The summed E-state index contributed by atoms with van der Waals surface area (Å²) in [6, 6.07) is 7.65. The number of hydrogen-bond donors (Lipinski definition) is 3. The molecule has 196 valence electrons. The molecule has 1 fully saturated rings. The Morgan fingerprint density at radius 2 is 2.19 bits per heavy atom. The fourth-order valence-corrected chi connectivity index (χ4v) is 7.63. The molecule has 1 saturated carbocycles. The van der Waals surface area contributed by atoms with E-state index in [0.29, 0.717) is 47.9 Å². The minimum Gasteiger partial charge on any atom is -0.467 e. The Hall–Kier alpha value is -3.11. The van der Waals surface area contributed by atoms with E-state index in [0.717, 1.165) is 54.5 Å². The predicted molar refractivity (Wildman–Crippen MR) is 136 cm³/mol. The maximum atomic E-state index is 13.0. The van der Waals surface area contributed by atoms with Crippen molar-refractivity contribution in [3.8, 4) is 5.75 Å². The van der Waals surface area contributed by atoms with Crippen LogP contribution in [0.2, 0.25) is 0 Å².